The zero-order chi connectivity index (χ0) is 20.5. The van der Waals surface area contributed by atoms with Crippen molar-refractivity contribution in [2.24, 2.45) is 0 Å². The molecule has 0 aliphatic carbocycles. The number of nitrogens with one attached hydrogen (secondary N) is 1. The second-order valence-corrected chi connectivity index (χ2v) is 8.66. The lowest BCUT2D eigenvalue weighted by Crippen LogP contribution is -2.42. The van der Waals surface area contributed by atoms with Gasteiger partial charge in [-0.1, -0.05) is 30.3 Å². The minimum atomic E-state index is -3.68. The Balaban J connectivity index is 2.53. The lowest BCUT2D eigenvalue weighted by atomic mass is 10.1. The van der Waals surface area contributed by atoms with E-state index in [1.54, 1.807) is 20.8 Å². The van der Waals surface area contributed by atoms with Gasteiger partial charge in [0.25, 0.3) is 10.1 Å². The molecule has 1 atom stereocenters. The molecule has 0 saturated carbocycles. The Bertz CT molecular complexity index is 711. The van der Waals surface area contributed by atoms with Crippen molar-refractivity contribution in [3.05, 3.63) is 35.9 Å². The Morgan fingerprint density at radius 3 is 2.33 bits per heavy atom. The van der Waals surface area contributed by atoms with Crippen molar-refractivity contribution in [1.82, 2.24) is 5.32 Å². The third kappa shape index (κ3) is 12.0. The molecule has 0 fully saturated rings. The number of rotatable bonds is 9. The third-order valence-electron chi connectivity index (χ3n) is 3.14. The van der Waals surface area contributed by atoms with Gasteiger partial charge in [-0.2, -0.15) is 8.42 Å². The molecule has 8 nitrogen and oxygen atoms in total. The Labute approximate surface area is 160 Å². The van der Waals surface area contributed by atoms with Crippen molar-refractivity contribution in [3.63, 3.8) is 0 Å². The average molecular weight is 401 g/mol. The summed E-state index contributed by atoms with van der Waals surface area (Å²) in [5.41, 5.74) is 0.149. The molecule has 1 amide bonds. The second-order valence-electron chi connectivity index (χ2n) is 7.02. The summed E-state index contributed by atoms with van der Waals surface area (Å²) in [6.07, 6.45) is 0.316. The summed E-state index contributed by atoms with van der Waals surface area (Å²) in [4.78, 5) is 23.8. The smallest absolute Gasteiger partial charge is 0.407 e. The average Bonchev–Trinajstić information content (AvgIpc) is 2.54. The first-order valence-corrected chi connectivity index (χ1v) is 10.3. The van der Waals surface area contributed by atoms with Gasteiger partial charge in [0.05, 0.1) is 18.9 Å². The van der Waals surface area contributed by atoms with Gasteiger partial charge < -0.3 is 14.8 Å². The highest BCUT2D eigenvalue weighted by molar-refractivity contribution is 7.85. The molecule has 1 unspecified atom stereocenters. The van der Waals surface area contributed by atoms with Crippen LogP contribution in [0.4, 0.5) is 4.79 Å². The number of benzene rings is 1. The van der Waals surface area contributed by atoms with Crippen molar-refractivity contribution >= 4 is 22.2 Å². The van der Waals surface area contributed by atoms with Gasteiger partial charge >= 0.3 is 12.1 Å². The van der Waals surface area contributed by atoms with Gasteiger partial charge in [-0.3, -0.25) is 8.98 Å². The van der Waals surface area contributed by atoms with Crippen LogP contribution in [0.15, 0.2) is 30.3 Å². The molecular weight excluding hydrogens is 374 g/mol. The molecule has 0 aromatic heterocycles. The van der Waals surface area contributed by atoms with E-state index in [1.165, 1.54) is 0 Å². The quantitative estimate of drug-likeness (QED) is 0.500. The first kappa shape index (κ1) is 22.9. The summed E-state index contributed by atoms with van der Waals surface area (Å²) in [5, 5.41) is 2.52. The molecule has 1 rings (SSSR count). The highest BCUT2D eigenvalue weighted by Crippen LogP contribution is 2.09. The highest BCUT2D eigenvalue weighted by atomic mass is 32.2. The molecule has 0 aliphatic rings. The predicted molar refractivity (Wildman–Crippen MR) is 99.4 cm³/mol. The zero-order valence-corrected chi connectivity index (χ0v) is 16.9. The molecule has 9 heteroatoms. The maximum atomic E-state index is 11.9. The Morgan fingerprint density at radius 2 is 1.78 bits per heavy atom. The summed E-state index contributed by atoms with van der Waals surface area (Å²) in [6, 6.07) is 8.48. The molecule has 0 spiro atoms. The van der Waals surface area contributed by atoms with Crippen molar-refractivity contribution in [2.75, 3.05) is 12.9 Å². The number of hydrogen-bond acceptors (Lipinski definition) is 7. The lowest BCUT2D eigenvalue weighted by Gasteiger charge is -2.23. The van der Waals surface area contributed by atoms with Gasteiger partial charge in [0, 0.05) is 6.42 Å². The molecule has 0 radical (unpaired) electrons. The second kappa shape index (κ2) is 10.3. The van der Waals surface area contributed by atoms with E-state index in [1.807, 2.05) is 30.3 Å². The fourth-order valence-electron chi connectivity index (χ4n) is 1.98. The monoisotopic (exact) mass is 401 g/mol. The molecule has 0 bridgehead atoms. The van der Waals surface area contributed by atoms with Crippen molar-refractivity contribution in [3.8, 4) is 0 Å². The fraction of sp³-hybridized carbons (Fsp3) is 0.556. The summed E-state index contributed by atoms with van der Waals surface area (Å²) in [6.45, 7) is 4.95. The van der Waals surface area contributed by atoms with Gasteiger partial charge in [0.15, 0.2) is 0 Å². The van der Waals surface area contributed by atoms with Crippen LogP contribution >= 0.6 is 0 Å². The minimum absolute atomic E-state index is 0.0135. The van der Waals surface area contributed by atoms with Gasteiger partial charge in [-0.15, -0.1) is 0 Å². The summed E-state index contributed by atoms with van der Waals surface area (Å²) in [5.74, 6) is -0.464. The molecule has 0 aliphatic heterocycles. The summed E-state index contributed by atoms with van der Waals surface area (Å²) < 4.78 is 37.4. The van der Waals surface area contributed by atoms with E-state index in [2.05, 4.69) is 5.32 Å². The molecule has 152 valence electrons. The standard InChI is InChI=1S/C18H27NO7S/c1-18(2,3)26-17(21)19-15(13-25-27(4,22)23)10-11-16(20)24-12-14-8-6-5-7-9-14/h5-9,15H,10-13H2,1-4H3,(H,19,21). The normalized spacial score (nSPS) is 12.9. The topological polar surface area (TPSA) is 108 Å². The number of amides is 1. The predicted octanol–water partition coefficient (Wildman–Crippen LogP) is 2.38. The minimum Gasteiger partial charge on any atom is -0.461 e. The van der Waals surface area contributed by atoms with E-state index in [0.29, 0.717) is 0 Å². The van der Waals surface area contributed by atoms with E-state index in [0.717, 1.165) is 11.8 Å². The number of carbonyl (C=O) groups is 2. The summed E-state index contributed by atoms with van der Waals surface area (Å²) >= 11 is 0. The molecular formula is C18H27NO7S. The van der Waals surface area contributed by atoms with Crippen LogP contribution in [0.2, 0.25) is 0 Å². The van der Waals surface area contributed by atoms with Crippen LogP contribution in [0.3, 0.4) is 0 Å². The third-order valence-corrected chi connectivity index (χ3v) is 3.71. The van der Waals surface area contributed by atoms with Crippen LogP contribution < -0.4 is 5.32 Å². The number of hydrogen-bond donors (Lipinski definition) is 1. The zero-order valence-electron chi connectivity index (χ0n) is 16.1. The van der Waals surface area contributed by atoms with Gasteiger partial charge in [-0.05, 0) is 32.8 Å². The van der Waals surface area contributed by atoms with Crippen molar-refractivity contribution < 1.29 is 31.7 Å². The van der Waals surface area contributed by atoms with Crippen LogP contribution in [-0.4, -0.2) is 45.0 Å². The molecule has 1 aromatic rings. The van der Waals surface area contributed by atoms with E-state index < -0.39 is 33.8 Å². The molecule has 1 aromatic carbocycles. The van der Waals surface area contributed by atoms with Crippen LogP contribution in [0.25, 0.3) is 0 Å². The largest absolute Gasteiger partial charge is 0.461 e. The number of esters is 1. The molecule has 0 saturated heterocycles. The lowest BCUT2D eigenvalue weighted by molar-refractivity contribution is -0.145. The number of alkyl carbamates (subject to hydrolysis) is 1. The Morgan fingerprint density at radius 1 is 1.15 bits per heavy atom. The Kier molecular flexibility index (Phi) is 8.71. The maximum absolute atomic E-state index is 11.9. The van der Waals surface area contributed by atoms with Gasteiger partial charge in [-0.25, -0.2) is 4.79 Å². The van der Waals surface area contributed by atoms with E-state index >= 15 is 0 Å². The van der Waals surface area contributed by atoms with Crippen LogP contribution in [0, 0.1) is 0 Å². The van der Waals surface area contributed by atoms with E-state index in [9.17, 15) is 18.0 Å². The summed E-state index contributed by atoms with van der Waals surface area (Å²) in [7, 11) is -3.68. The molecule has 0 heterocycles. The van der Waals surface area contributed by atoms with Crippen molar-refractivity contribution in [2.45, 2.75) is 51.9 Å². The molecule has 1 N–H and O–H groups in total. The van der Waals surface area contributed by atoms with Crippen LogP contribution in [0.5, 0.6) is 0 Å². The van der Waals surface area contributed by atoms with Crippen molar-refractivity contribution in [1.29, 1.82) is 0 Å². The first-order valence-electron chi connectivity index (χ1n) is 8.48. The fourth-order valence-corrected chi connectivity index (χ4v) is 2.39. The maximum Gasteiger partial charge on any atom is 0.407 e. The van der Waals surface area contributed by atoms with Crippen LogP contribution in [-0.2, 0) is 35.2 Å². The van der Waals surface area contributed by atoms with E-state index in [-0.39, 0.29) is 26.1 Å². The Hall–Kier alpha value is -2.13. The molecule has 27 heavy (non-hydrogen) atoms. The first-order chi connectivity index (χ1) is 12.4. The SMILES string of the molecule is CC(C)(C)OC(=O)NC(CCC(=O)OCc1ccccc1)COS(C)(=O)=O. The van der Waals surface area contributed by atoms with E-state index in [4.69, 9.17) is 13.7 Å². The number of ether oxygens (including phenoxy) is 2. The highest BCUT2D eigenvalue weighted by Gasteiger charge is 2.21. The van der Waals surface area contributed by atoms with Gasteiger partial charge in [0.1, 0.15) is 12.2 Å². The van der Waals surface area contributed by atoms with Crippen LogP contribution in [0.1, 0.15) is 39.2 Å². The number of carbonyl (C=O) groups excluding carboxylic acids is 2. The van der Waals surface area contributed by atoms with Gasteiger partial charge in [0.2, 0.25) is 0 Å².